The summed E-state index contributed by atoms with van der Waals surface area (Å²) in [6, 6.07) is 14.6. The maximum absolute atomic E-state index is 11.7. The molecule has 0 saturated heterocycles. The molecule has 0 unspecified atom stereocenters. The highest BCUT2D eigenvalue weighted by molar-refractivity contribution is 6.30. The minimum atomic E-state index is -0.545. The summed E-state index contributed by atoms with van der Waals surface area (Å²) >= 11 is 5.73. The van der Waals surface area contributed by atoms with Crippen LogP contribution in [0.5, 0.6) is 0 Å². The molecule has 0 fully saturated rings. The molecule has 5 nitrogen and oxygen atoms in total. The minimum Gasteiger partial charge on any atom is -0.307 e. The lowest BCUT2D eigenvalue weighted by atomic mass is 10.2. The molecule has 0 heterocycles. The van der Waals surface area contributed by atoms with E-state index in [0.29, 0.717) is 16.3 Å². The molecule has 20 heavy (non-hydrogen) atoms. The van der Waals surface area contributed by atoms with Crippen molar-refractivity contribution in [2.24, 2.45) is 0 Å². The molecule has 0 spiro atoms. The van der Waals surface area contributed by atoms with Gasteiger partial charge < -0.3 is 5.32 Å². The summed E-state index contributed by atoms with van der Waals surface area (Å²) in [6.45, 7) is 0. The lowest BCUT2D eigenvalue weighted by molar-refractivity contribution is 0.0938. The highest BCUT2D eigenvalue weighted by Gasteiger charge is 2.06. The number of hydrazine groups is 1. The van der Waals surface area contributed by atoms with Crippen LogP contribution in [0.15, 0.2) is 54.6 Å². The smallest absolute Gasteiger partial charge is 0.307 e. The topological polar surface area (TPSA) is 70.2 Å². The fraction of sp³-hybridized carbons (Fsp3) is 0. The Balaban J connectivity index is 1.83. The molecule has 2 aromatic carbocycles. The summed E-state index contributed by atoms with van der Waals surface area (Å²) in [4.78, 5) is 23.2. The number of urea groups is 1. The van der Waals surface area contributed by atoms with Gasteiger partial charge in [0.15, 0.2) is 0 Å². The van der Waals surface area contributed by atoms with E-state index in [1.807, 2.05) is 0 Å². The van der Waals surface area contributed by atoms with Gasteiger partial charge >= 0.3 is 6.03 Å². The molecular weight excluding hydrogens is 278 g/mol. The molecule has 2 rings (SSSR count). The Morgan fingerprint density at radius 3 is 2.15 bits per heavy atom. The van der Waals surface area contributed by atoms with Gasteiger partial charge in [-0.25, -0.2) is 10.2 Å². The molecule has 0 aromatic heterocycles. The molecule has 0 atom stereocenters. The van der Waals surface area contributed by atoms with E-state index in [4.69, 9.17) is 11.6 Å². The zero-order chi connectivity index (χ0) is 14.4. The van der Waals surface area contributed by atoms with Crippen molar-refractivity contribution in [2.45, 2.75) is 0 Å². The number of hydrogen-bond donors (Lipinski definition) is 3. The van der Waals surface area contributed by atoms with Crippen LogP contribution in [0.1, 0.15) is 10.4 Å². The summed E-state index contributed by atoms with van der Waals surface area (Å²) in [5.41, 5.74) is 5.59. The van der Waals surface area contributed by atoms with Crippen LogP contribution in [0.25, 0.3) is 0 Å². The van der Waals surface area contributed by atoms with Crippen LogP contribution in [0.3, 0.4) is 0 Å². The first-order chi connectivity index (χ1) is 9.65. The normalized spacial score (nSPS) is 9.65. The van der Waals surface area contributed by atoms with E-state index in [9.17, 15) is 9.59 Å². The Morgan fingerprint density at radius 1 is 0.850 bits per heavy atom. The average molecular weight is 290 g/mol. The summed E-state index contributed by atoms with van der Waals surface area (Å²) in [7, 11) is 0. The molecule has 3 N–H and O–H groups in total. The molecule has 3 amide bonds. The number of amides is 3. The van der Waals surface area contributed by atoms with Crippen LogP contribution >= 0.6 is 11.6 Å². The predicted octanol–water partition coefficient (Wildman–Crippen LogP) is 2.81. The second kappa shape index (κ2) is 6.58. The van der Waals surface area contributed by atoms with Crippen molar-refractivity contribution in [2.75, 3.05) is 5.32 Å². The Bertz CT molecular complexity index is 600. The highest BCUT2D eigenvalue weighted by Crippen LogP contribution is 2.12. The van der Waals surface area contributed by atoms with E-state index in [0.717, 1.165) is 0 Å². The van der Waals surface area contributed by atoms with Gasteiger partial charge in [0, 0.05) is 16.3 Å². The molecule has 0 radical (unpaired) electrons. The Labute approximate surface area is 120 Å². The van der Waals surface area contributed by atoms with Crippen LogP contribution < -0.4 is 16.2 Å². The van der Waals surface area contributed by atoms with Crippen molar-refractivity contribution in [1.82, 2.24) is 10.9 Å². The molecule has 0 saturated carbocycles. The van der Waals surface area contributed by atoms with Crippen molar-refractivity contribution >= 4 is 29.2 Å². The van der Waals surface area contributed by atoms with Crippen LogP contribution in [-0.2, 0) is 0 Å². The van der Waals surface area contributed by atoms with Crippen molar-refractivity contribution < 1.29 is 9.59 Å². The van der Waals surface area contributed by atoms with E-state index in [-0.39, 0.29) is 0 Å². The fourth-order valence-corrected chi connectivity index (χ4v) is 1.60. The number of benzene rings is 2. The van der Waals surface area contributed by atoms with Gasteiger partial charge in [-0.15, -0.1) is 0 Å². The number of halogens is 1. The molecular formula is C14H12ClN3O2. The maximum Gasteiger partial charge on any atom is 0.337 e. The monoisotopic (exact) mass is 289 g/mol. The third-order valence-corrected chi connectivity index (χ3v) is 2.68. The standard InChI is InChI=1S/C14H12ClN3O2/c15-11-6-8-12(9-7-11)16-14(20)18-17-13(19)10-4-2-1-3-5-10/h1-9H,(H,17,19)(H2,16,18,20). The molecule has 0 aliphatic rings. The largest absolute Gasteiger partial charge is 0.337 e. The second-order valence-electron chi connectivity index (χ2n) is 3.91. The fourth-order valence-electron chi connectivity index (χ4n) is 1.47. The van der Waals surface area contributed by atoms with Gasteiger partial charge in [-0.05, 0) is 36.4 Å². The van der Waals surface area contributed by atoms with Crippen molar-refractivity contribution in [3.05, 3.63) is 65.2 Å². The van der Waals surface area contributed by atoms with Crippen molar-refractivity contribution in [3.63, 3.8) is 0 Å². The third-order valence-electron chi connectivity index (χ3n) is 2.43. The van der Waals surface area contributed by atoms with Gasteiger partial charge in [-0.1, -0.05) is 29.8 Å². The lowest BCUT2D eigenvalue weighted by Gasteiger charge is -2.09. The number of rotatable bonds is 2. The first-order valence-corrected chi connectivity index (χ1v) is 6.21. The lowest BCUT2D eigenvalue weighted by Crippen LogP contribution is -2.43. The van der Waals surface area contributed by atoms with Crippen LogP contribution in [-0.4, -0.2) is 11.9 Å². The summed E-state index contributed by atoms with van der Waals surface area (Å²) < 4.78 is 0. The Morgan fingerprint density at radius 2 is 1.50 bits per heavy atom. The summed E-state index contributed by atoms with van der Waals surface area (Å²) in [5.74, 6) is -0.392. The van der Waals surface area contributed by atoms with Crippen molar-refractivity contribution in [1.29, 1.82) is 0 Å². The molecule has 0 bridgehead atoms. The summed E-state index contributed by atoms with van der Waals surface area (Å²) in [5, 5.41) is 3.13. The number of hydrogen-bond acceptors (Lipinski definition) is 2. The number of carbonyl (C=O) groups is 2. The minimum absolute atomic E-state index is 0.392. The van der Waals surface area contributed by atoms with Gasteiger partial charge in [0.2, 0.25) is 0 Å². The summed E-state index contributed by atoms with van der Waals surface area (Å²) in [6.07, 6.45) is 0. The first kappa shape index (κ1) is 13.9. The van der Waals surface area contributed by atoms with E-state index in [1.54, 1.807) is 54.6 Å². The van der Waals surface area contributed by atoms with Crippen LogP contribution in [0.2, 0.25) is 5.02 Å². The predicted molar refractivity (Wildman–Crippen MR) is 77.5 cm³/mol. The van der Waals surface area contributed by atoms with E-state index in [1.165, 1.54) is 0 Å². The van der Waals surface area contributed by atoms with Gasteiger partial charge in [0.1, 0.15) is 0 Å². The number of anilines is 1. The number of carbonyl (C=O) groups excluding carboxylic acids is 2. The molecule has 6 heteroatoms. The maximum atomic E-state index is 11.7. The van der Waals surface area contributed by atoms with Crippen molar-refractivity contribution in [3.8, 4) is 0 Å². The number of nitrogens with one attached hydrogen (secondary N) is 3. The zero-order valence-electron chi connectivity index (χ0n) is 10.4. The van der Waals surface area contributed by atoms with E-state index in [2.05, 4.69) is 16.2 Å². The zero-order valence-corrected chi connectivity index (χ0v) is 11.1. The SMILES string of the molecule is O=C(NNC(=O)c1ccccc1)Nc1ccc(Cl)cc1. The Kier molecular flexibility index (Phi) is 4.57. The van der Waals surface area contributed by atoms with Crippen LogP contribution in [0.4, 0.5) is 10.5 Å². The third kappa shape index (κ3) is 4.00. The van der Waals surface area contributed by atoms with Gasteiger partial charge in [-0.3, -0.25) is 10.2 Å². The second-order valence-corrected chi connectivity index (χ2v) is 4.34. The van der Waals surface area contributed by atoms with Gasteiger partial charge in [0.05, 0.1) is 0 Å². The Hall–Kier alpha value is -2.53. The highest BCUT2D eigenvalue weighted by atomic mass is 35.5. The van der Waals surface area contributed by atoms with Gasteiger partial charge in [-0.2, -0.15) is 0 Å². The van der Waals surface area contributed by atoms with Gasteiger partial charge in [0.25, 0.3) is 5.91 Å². The first-order valence-electron chi connectivity index (χ1n) is 5.83. The van der Waals surface area contributed by atoms with E-state index < -0.39 is 11.9 Å². The average Bonchev–Trinajstić information content (AvgIpc) is 2.48. The molecule has 0 aliphatic heterocycles. The van der Waals surface area contributed by atoms with E-state index >= 15 is 0 Å². The van der Waals surface area contributed by atoms with Crippen LogP contribution in [0, 0.1) is 0 Å². The molecule has 102 valence electrons. The molecule has 0 aliphatic carbocycles. The molecule has 2 aromatic rings. The quantitative estimate of drug-likeness (QED) is 0.744.